The van der Waals surface area contributed by atoms with Gasteiger partial charge in [-0.3, -0.25) is 0 Å². The van der Waals surface area contributed by atoms with Gasteiger partial charge in [-0.25, -0.2) is 4.39 Å². The van der Waals surface area contributed by atoms with E-state index in [0.29, 0.717) is 26.9 Å². The molecule has 2 aromatic rings. The van der Waals surface area contributed by atoms with E-state index in [1.807, 2.05) is 12.1 Å². The van der Waals surface area contributed by atoms with Gasteiger partial charge < -0.3 is 9.47 Å². The summed E-state index contributed by atoms with van der Waals surface area (Å²) in [4.78, 5) is 0. The van der Waals surface area contributed by atoms with Gasteiger partial charge in [-0.2, -0.15) is 0 Å². The van der Waals surface area contributed by atoms with E-state index in [2.05, 4.69) is 31.9 Å². The van der Waals surface area contributed by atoms with E-state index in [1.165, 1.54) is 6.07 Å². The van der Waals surface area contributed by atoms with Gasteiger partial charge in [0, 0.05) is 27.0 Å². The van der Waals surface area contributed by atoms with Gasteiger partial charge in [-0.15, -0.1) is 0 Å². The Balaban J connectivity index is 2.17. The Morgan fingerprint density at radius 3 is 2.50 bits per heavy atom. The first kappa shape index (κ1) is 15.3. The molecule has 0 fully saturated rings. The summed E-state index contributed by atoms with van der Waals surface area (Å²) in [7, 11) is 1.60. The highest BCUT2D eigenvalue weighted by Gasteiger charge is 2.08. The number of ether oxygens (including phenoxy) is 2. The number of hydrogen-bond acceptors (Lipinski definition) is 2. The first-order valence-corrected chi connectivity index (χ1v) is 7.85. The van der Waals surface area contributed by atoms with Crippen LogP contribution < -0.4 is 9.47 Å². The van der Waals surface area contributed by atoms with Crippen LogP contribution in [0.3, 0.4) is 0 Å². The smallest absolute Gasteiger partial charge is 0.130 e. The highest BCUT2D eigenvalue weighted by Crippen LogP contribution is 2.28. The second-order valence-electron chi connectivity index (χ2n) is 4.13. The molecule has 2 aromatic carbocycles. The number of methoxy groups -OCH3 is 1. The van der Waals surface area contributed by atoms with Crippen molar-refractivity contribution < 1.29 is 13.9 Å². The molecule has 0 N–H and O–H groups in total. The molecular formula is C15H13Br2FO2. The lowest BCUT2D eigenvalue weighted by molar-refractivity contribution is 0.295. The zero-order valence-electron chi connectivity index (χ0n) is 10.8. The van der Waals surface area contributed by atoms with E-state index in [0.717, 1.165) is 5.56 Å². The van der Waals surface area contributed by atoms with Crippen LogP contribution in [0.15, 0.2) is 40.9 Å². The van der Waals surface area contributed by atoms with Gasteiger partial charge in [-0.05, 0) is 18.2 Å². The highest BCUT2D eigenvalue weighted by molar-refractivity contribution is 9.10. The fraction of sp³-hybridized carbons (Fsp3) is 0.200. The molecule has 0 unspecified atom stereocenters. The molecular weight excluding hydrogens is 391 g/mol. The van der Waals surface area contributed by atoms with Gasteiger partial charge in [-0.1, -0.05) is 44.0 Å². The summed E-state index contributed by atoms with van der Waals surface area (Å²) >= 11 is 6.63. The molecule has 0 amide bonds. The largest absolute Gasteiger partial charge is 0.497 e. The zero-order valence-corrected chi connectivity index (χ0v) is 14.0. The van der Waals surface area contributed by atoms with E-state index in [1.54, 1.807) is 25.3 Å². The molecule has 0 heterocycles. The normalized spacial score (nSPS) is 10.4. The molecule has 106 valence electrons. The van der Waals surface area contributed by atoms with Crippen LogP contribution in [0.4, 0.5) is 4.39 Å². The van der Waals surface area contributed by atoms with Crippen molar-refractivity contribution in [2.24, 2.45) is 0 Å². The first-order chi connectivity index (χ1) is 9.63. The standard InChI is InChI=1S/C15H13Br2FO2/c1-19-13-5-3-10(8-16)15(7-13)20-9-11-2-4-12(17)6-14(11)18/h2-7H,8-9H2,1H3. The predicted molar refractivity (Wildman–Crippen MR) is 84.1 cm³/mol. The molecule has 0 atom stereocenters. The van der Waals surface area contributed by atoms with Crippen molar-refractivity contribution in [3.05, 3.63) is 57.8 Å². The number of benzene rings is 2. The van der Waals surface area contributed by atoms with Crippen molar-refractivity contribution in [3.8, 4) is 11.5 Å². The monoisotopic (exact) mass is 402 g/mol. The van der Waals surface area contributed by atoms with E-state index in [4.69, 9.17) is 9.47 Å². The predicted octanol–water partition coefficient (Wildman–Crippen LogP) is 5.07. The van der Waals surface area contributed by atoms with Crippen molar-refractivity contribution in [1.29, 1.82) is 0 Å². The quantitative estimate of drug-likeness (QED) is 0.648. The van der Waals surface area contributed by atoms with Crippen molar-refractivity contribution in [2.75, 3.05) is 7.11 Å². The maximum atomic E-state index is 13.7. The summed E-state index contributed by atoms with van der Waals surface area (Å²) in [6.07, 6.45) is 0. The maximum Gasteiger partial charge on any atom is 0.130 e. The minimum Gasteiger partial charge on any atom is -0.497 e. The molecule has 0 radical (unpaired) electrons. The highest BCUT2D eigenvalue weighted by atomic mass is 79.9. The van der Waals surface area contributed by atoms with E-state index in [9.17, 15) is 4.39 Å². The summed E-state index contributed by atoms with van der Waals surface area (Å²) in [5, 5.41) is 0.662. The lowest BCUT2D eigenvalue weighted by Gasteiger charge is -2.12. The van der Waals surface area contributed by atoms with Gasteiger partial charge in [0.2, 0.25) is 0 Å². The minimum atomic E-state index is -0.289. The van der Waals surface area contributed by atoms with Crippen LogP contribution in [-0.2, 0) is 11.9 Å². The van der Waals surface area contributed by atoms with Crippen LogP contribution >= 0.6 is 31.9 Å². The molecule has 0 saturated heterocycles. The Morgan fingerprint density at radius 2 is 1.85 bits per heavy atom. The zero-order chi connectivity index (χ0) is 14.5. The molecule has 0 aromatic heterocycles. The van der Waals surface area contributed by atoms with Crippen molar-refractivity contribution in [3.63, 3.8) is 0 Å². The van der Waals surface area contributed by atoms with Crippen LogP contribution in [0.1, 0.15) is 11.1 Å². The Morgan fingerprint density at radius 1 is 1.10 bits per heavy atom. The third-order valence-corrected chi connectivity index (χ3v) is 3.91. The van der Waals surface area contributed by atoms with Crippen LogP contribution in [-0.4, -0.2) is 7.11 Å². The molecule has 0 aliphatic carbocycles. The summed E-state index contributed by atoms with van der Waals surface area (Å²) in [5.41, 5.74) is 1.50. The van der Waals surface area contributed by atoms with Crippen LogP contribution in [0.25, 0.3) is 0 Å². The van der Waals surface area contributed by atoms with Crippen LogP contribution in [0, 0.1) is 5.82 Å². The second-order valence-corrected chi connectivity index (χ2v) is 5.61. The Hall–Kier alpha value is -1.07. The SMILES string of the molecule is COc1ccc(CBr)c(OCc2ccc(Br)cc2F)c1. The third kappa shape index (κ3) is 3.73. The average Bonchev–Trinajstić information content (AvgIpc) is 2.46. The van der Waals surface area contributed by atoms with Gasteiger partial charge >= 0.3 is 0 Å². The van der Waals surface area contributed by atoms with Crippen molar-refractivity contribution >= 4 is 31.9 Å². The van der Waals surface area contributed by atoms with Crippen LogP contribution in [0.2, 0.25) is 0 Å². The summed E-state index contributed by atoms with van der Waals surface area (Å²) in [6.45, 7) is 0.173. The second kappa shape index (κ2) is 7.09. The number of rotatable bonds is 5. The van der Waals surface area contributed by atoms with Gasteiger partial charge in [0.05, 0.1) is 7.11 Å². The molecule has 0 bridgehead atoms. The average molecular weight is 404 g/mol. The maximum absolute atomic E-state index is 13.7. The topological polar surface area (TPSA) is 18.5 Å². The van der Waals surface area contributed by atoms with E-state index in [-0.39, 0.29) is 12.4 Å². The lowest BCUT2D eigenvalue weighted by atomic mass is 10.2. The molecule has 5 heteroatoms. The molecule has 0 aliphatic rings. The van der Waals surface area contributed by atoms with Gasteiger partial charge in [0.15, 0.2) is 0 Å². The Labute approximate surface area is 134 Å². The third-order valence-electron chi connectivity index (χ3n) is 2.82. The lowest BCUT2D eigenvalue weighted by Crippen LogP contribution is -2.00. The van der Waals surface area contributed by atoms with E-state index < -0.39 is 0 Å². The number of hydrogen-bond donors (Lipinski definition) is 0. The number of halogens is 3. The summed E-state index contributed by atoms with van der Waals surface area (Å²) in [6, 6.07) is 10.5. The van der Waals surface area contributed by atoms with Gasteiger partial charge in [0.1, 0.15) is 23.9 Å². The summed E-state index contributed by atoms with van der Waals surface area (Å²) < 4.78 is 25.3. The fourth-order valence-corrected chi connectivity index (χ4v) is 2.50. The van der Waals surface area contributed by atoms with Crippen molar-refractivity contribution in [1.82, 2.24) is 0 Å². The molecule has 0 aliphatic heterocycles. The van der Waals surface area contributed by atoms with Crippen molar-refractivity contribution in [2.45, 2.75) is 11.9 Å². The molecule has 20 heavy (non-hydrogen) atoms. The fourth-order valence-electron chi connectivity index (χ4n) is 1.70. The molecule has 2 rings (SSSR count). The first-order valence-electron chi connectivity index (χ1n) is 5.93. The number of alkyl halides is 1. The Bertz CT molecular complexity index is 602. The Kier molecular flexibility index (Phi) is 5.43. The van der Waals surface area contributed by atoms with Gasteiger partial charge in [0.25, 0.3) is 0 Å². The minimum absolute atomic E-state index is 0.173. The molecule has 0 saturated carbocycles. The molecule has 0 spiro atoms. The van der Waals surface area contributed by atoms with E-state index >= 15 is 0 Å². The summed E-state index contributed by atoms with van der Waals surface area (Å²) in [5.74, 6) is 1.10. The molecule has 2 nitrogen and oxygen atoms in total. The van der Waals surface area contributed by atoms with Crippen LogP contribution in [0.5, 0.6) is 11.5 Å².